The summed E-state index contributed by atoms with van der Waals surface area (Å²) in [7, 11) is 1.33. The number of benzene rings is 2. The lowest BCUT2D eigenvalue weighted by Gasteiger charge is -2.07. The molecular formula is C18H18FNO4S. The van der Waals surface area contributed by atoms with E-state index in [4.69, 9.17) is 9.47 Å². The highest BCUT2D eigenvalue weighted by molar-refractivity contribution is 7.99. The first kappa shape index (κ1) is 18.8. The summed E-state index contributed by atoms with van der Waals surface area (Å²) in [5, 5.41) is 2.66. The van der Waals surface area contributed by atoms with Crippen LogP contribution in [0.3, 0.4) is 0 Å². The van der Waals surface area contributed by atoms with Gasteiger partial charge in [0.05, 0.1) is 12.7 Å². The second-order valence-corrected chi connectivity index (χ2v) is 6.11. The van der Waals surface area contributed by atoms with E-state index in [9.17, 15) is 14.0 Å². The van der Waals surface area contributed by atoms with E-state index in [1.807, 2.05) is 30.3 Å². The number of hydrogen-bond donors (Lipinski definition) is 1. The van der Waals surface area contributed by atoms with Gasteiger partial charge in [0.25, 0.3) is 5.91 Å². The monoisotopic (exact) mass is 363 g/mol. The van der Waals surface area contributed by atoms with Crippen molar-refractivity contribution in [2.75, 3.05) is 26.0 Å². The smallest absolute Gasteiger partial charge is 0.338 e. The highest BCUT2D eigenvalue weighted by Crippen LogP contribution is 2.18. The molecule has 0 bridgehead atoms. The van der Waals surface area contributed by atoms with Crippen LogP contribution < -0.4 is 10.1 Å². The van der Waals surface area contributed by atoms with Gasteiger partial charge in [-0.15, -0.1) is 11.8 Å². The molecule has 0 fully saturated rings. The Bertz CT molecular complexity index is 724. The minimum Gasteiger partial charge on any atom is -0.494 e. The zero-order chi connectivity index (χ0) is 18.1. The molecule has 2 rings (SSSR count). The molecular weight excluding hydrogens is 345 g/mol. The molecule has 0 spiro atoms. The molecule has 0 atom stereocenters. The fraction of sp³-hybridized carbons (Fsp3) is 0.222. The zero-order valence-electron chi connectivity index (χ0n) is 13.7. The van der Waals surface area contributed by atoms with Crippen molar-refractivity contribution in [2.45, 2.75) is 4.90 Å². The number of halogens is 1. The van der Waals surface area contributed by atoms with Crippen molar-refractivity contribution in [1.82, 2.24) is 5.32 Å². The first-order chi connectivity index (χ1) is 12.1. The highest BCUT2D eigenvalue weighted by Gasteiger charge is 2.13. The second-order valence-electron chi connectivity index (χ2n) is 4.94. The van der Waals surface area contributed by atoms with Gasteiger partial charge in [-0.2, -0.15) is 0 Å². The Kier molecular flexibility index (Phi) is 7.28. The van der Waals surface area contributed by atoms with Crippen LogP contribution in [-0.2, 0) is 9.53 Å². The SMILES string of the molecule is COc1ccc(C(=O)OCC(=O)NCCSc2ccccc2)cc1F. The van der Waals surface area contributed by atoms with Gasteiger partial charge < -0.3 is 14.8 Å². The van der Waals surface area contributed by atoms with E-state index < -0.39 is 24.3 Å². The van der Waals surface area contributed by atoms with Crippen molar-refractivity contribution in [1.29, 1.82) is 0 Å². The molecule has 0 aliphatic heterocycles. The molecule has 1 N–H and O–H groups in total. The molecule has 0 saturated carbocycles. The van der Waals surface area contributed by atoms with Gasteiger partial charge in [0.15, 0.2) is 18.2 Å². The van der Waals surface area contributed by atoms with Gasteiger partial charge in [-0.05, 0) is 30.3 Å². The number of thioether (sulfide) groups is 1. The van der Waals surface area contributed by atoms with E-state index in [0.717, 1.165) is 11.0 Å². The van der Waals surface area contributed by atoms with Crippen molar-refractivity contribution in [3.8, 4) is 5.75 Å². The Morgan fingerprint density at radius 1 is 1.16 bits per heavy atom. The molecule has 0 aromatic heterocycles. The molecule has 0 aliphatic carbocycles. The van der Waals surface area contributed by atoms with Crippen molar-refractivity contribution in [2.24, 2.45) is 0 Å². The number of esters is 1. The molecule has 7 heteroatoms. The number of amides is 1. The summed E-state index contributed by atoms with van der Waals surface area (Å²) in [6, 6.07) is 13.5. The fourth-order valence-electron chi connectivity index (χ4n) is 1.93. The summed E-state index contributed by atoms with van der Waals surface area (Å²) in [5.41, 5.74) is 0.0192. The number of methoxy groups -OCH3 is 1. The second kappa shape index (κ2) is 9.68. The zero-order valence-corrected chi connectivity index (χ0v) is 14.5. The van der Waals surface area contributed by atoms with Gasteiger partial charge in [0, 0.05) is 17.2 Å². The number of hydrogen-bond acceptors (Lipinski definition) is 5. The van der Waals surface area contributed by atoms with Crippen LogP contribution in [0.2, 0.25) is 0 Å². The molecule has 0 radical (unpaired) electrons. The minimum absolute atomic E-state index is 0.0192. The summed E-state index contributed by atoms with van der Waals surface area (Å²) in [5.74, 6) is -1.11. The van der Waals surface area contributed by atoms with Crippen LogP contribution in [0.5, 0.6) is 5.75 Å². The van der Waals surface area contributed by atoms with Crippen LogP contribution in [0.1, 0.15) is 10.4 Å². The average Bonchev–Trinajstić information content (AvgIpc) is 2.64. The summed E-state index contributed by atoms with van der Waals surface area (Å²) in [4.78, 5) is 24.6. The first-order valence-corrected chi connectivity index (χ1v) is 8.54. The number of nitrogens with one attached hydrogen (secondary N) is 1. The molecule has 0 saturated heterocycles. The standard InChI is InChI=1S/C18H18FNO4S/c1-23-16-8-7-13(11-15(16)19)18(22)24-12-17(21)20-9-10-25-14-5-3-2-4-6-14/h2-8,11H,9-10,12H2,1H3,(H,20,21). The number of ether oxygens (including phenoxy) is 2. The topological polar surface area (TPSA) is 64.6 Å². The Hall–Kier alpha value is -2.54. The molecule has 0 aliphatic rings. The summed E-state index contributed by atoms with van der Waals surface area (Å²) in [6.45, 7) is 0.0373. The lowest BCUT2D eigenvalue weighted by atomic mass is 10.2. The Labute approximate surface area is 149 Å². The predicted molar refractivity (Wildman–Crippen MR) is 93.4 cm³/mol. The third kappa shape index (κ3) is 6.11. The number of carbonyl (C=O) groups excluding carboxylic acids is 2. The van der Waals surface area contributed by atoms with Gasteiger partial charge in [0.2, 0.25) is 0 Å². The first-order valence-electron chi connectivity index (χ1n) is 7.55. The van der Waals surface area contributed by atoms with Crippen LogP contribution in [0.4, 0.5) is 4.39 Å². The summed E-state index contributed by atoms with van der Waals surface area (Å²) >= 11 is 1.61. The van der Waals surface area contributed by atoms with Gasteiger partial charge in [-0.25, -0.2) is 9.18 Å². The maximum Gasteiger partial charge on any atom is 0.338 e. The minimum atomic E-state index is -0.768. The predicted octanol–water partition coefficient (Wildman–Crippen LogP) is 2.90. The lowest BCUT2D eigenvalue weighted by molar-refractivity contribution is -0.124. The maximum atomic E-state index is 13.5. The third-order valence-corrected chi connectivity index (χ3v) is 4.17. The van der Waals surface area contributed by atoms with E-state index in [0.29, 0.717) is 12.3 Å². The van der Waals surface area contributed by atoms with Crippen LogP contribution >= 0.6 is 11.8 Å². The fourth-order valence-corrected chi connectivity index (χ4v) is 2.72. The van der Waals surface area contributed by atoms with E-state index in [1.54, 1.807) is 11.8 Å². The quantitative estimate of drug-likeness (QED) is 0.444. The number of rotatable bonds is 8. The van der Waals surface area contributed by atoms with Crippen LogP contribution in [0, 0.1) is 5.82 Å². The van der Waals surface area contributed by atoms with Crippen LogP contribution in [-0.4, -0.2) is 37.9 Å². The summed E-state index contributed by atoms with van der Waals surface area (Å²) in [6.07, 6.45) is 0. The Morgan fingerprint density at radius 2 is 1.92 bits per heavy atom. The van der Waals surface area contributed by atoms with Gasteiger partial charge in [0.1, 0.15) is 0 Å². The van der Waals surface area contributed by atoms with Gasteiger partial charge in [-0.1, -0.05) is 18.2 Å². The summed E-state index contributed by atoms with van der Waals surface area (Å²) < 4.78 is 23.2. The number of carbonyl (C=O) groups is 2. The van der Waals surface area contributed by atoms with Crippen molar-refractivity contribution in [3.63, 3.8) is 0 Å². The molecule has 0 unspecified atom stereocenters. The Morgan fingerprint density at radius 3 is 2.60 bits per heavy atom. The van der Waals surface area contributed by atoms with Gasteiger partial charge in [-0.3, -0.25) is 4.79 Å². The van der Waals surface area contributed by atoms with Gasteiger partial charge >= 0.3 is 5.97 Å². The molecule has 1 amide bonds. The van der Waals surface area contributed by atoms with Crippen LogP contribution in [0.15, 0.2) is 53.4 Å². The third-order valence-electron chi connectivity index (χ3n) is 3.16. The average molecular weight is 363 g/mol. The molecule has 5 nitrogen and oxygen atoms in total. The molecule has 2 aromatic carbocycles. The highest BCUT2D eigenvalue weighted by atomic mass is 32.2. The van der Waals surface area contributed by atoms with Crippen molar-refractivity contribution >= 4 is 23.6 Å². The maximum absolute atomic E-state index is 13.5. The van der Waals surface area contributed by atoms with Crippen molar-refractivity contribution in [3.05, 3.63) is 59.9 Å². The van der Waals surface area contributed by atoms with E-state index in [1.165, 1.54) is 19.2 Å². The van der Waals surface area contributed by atoms with E-state index >= 15 is 0 Å². The molecule has 2 aromatic rings. The largest absolute Gasteiger partial charge is 0.494 e. The molecule has 25 heavy (non-hydrogen) atoms. The lowest BCUT2D eigenvalue weighted by Crippen LogP contribution is -2.30. The van der Waals surface area contributed by atoms with Crippen molar-refractivity contribution < 1.29 is 23.5 Å². The molecule has 0 heterocycles. The van der Waals surface area contributed by atoms with E-state index in [2.05, 4.69) is 5.32 Å². The molecule has 132 valence electrons. The van der Waals surface area contributed by atoms with Crippen LogP contribution in [0.25, 0.3) is 0 Å². The normalized spacial score (nSPS) is 10.2. The van der Waals surface area contributed by atoms with E-state index in [-0.39, 0.29) is 11.3 Å². The Balaban J connectivity index is 1.69.